The van der Waals surface area contributed by atoms with Crippen molar-refractivity contribution in [2.24, 2.45) is 0 Å². The summed E-state index contributed by atoms with van der Waals surface area (Å²) in [5.41, 5.74) is 22.1. The first-order valence-electron chi connectivity index (χ1n) is 36.1. The molecule has 0 atom stereocenters. The van der Waals surface area contributed by atoms with Gasteiger partial charge in [-0.1, -0.05) is 279 Å². The minimum Gasteiger partial charge on any atom is -0.456 e. The molecule has 106 heavy (non-hydrogen) atoms. The number of hydrogen-bond donors (Lipinski definition) is 0. The number of furan rings is 3. The Kier molecular flexibility index (Phi) is 13.5. The van der Waals surface area contributed by atoms with Gasteiger partial charge in [0.1, 0.15) is 27.9 Å². The predicted octanol–water partition coefficient (Wildman–Crippen LogP) is 29.6. The summed E-state index contributed by atoms with van der Waals surface area (Å²) >= 11 is 1.86. The molecule has 0 bridgehead atoms. The van der Waals surface area contributed by atoms with E-state index in [9.17, 15) is 0 Å². The van der Waals surface area contributed by atoms with Crippen LogP contribution < -0.4 is 9.80 Å². The highest BCUT2D eigenvalue weighted by Gasteiger charge is 2.31. The summed E-state index contributed by atoms with van der Waals surface area (Å²) < 4.78 is 23.4. The van der Waals surface area contributed by atoms with Crippen molar-refractivity contribution in [1.82, 2.24) is 0 Å². The van der Waals surface area contributed by atoms with Gasteiger partial charge in [-0.3, -0.25) is 0 Å². The van der Waals surface area contributed by atoms with Crippen molar-refractivity contribution in [1.29, 1.82) is 0 Å². The maximum atomic E-state index is 7.47. The van der Waals surface area contributed by atoms with Gasteiger partial charge in [-0.25, -0.2) is 0 Å². The van der Waals surface area contributed by atoms with Gasteiger partial charge in [0.05, 0.1) is 22.7 Å². The molecule has 0 N–H and O–H groups in total. The monoisotopic (exact) mass is 1370 g/mol. The van der Waals surface area contributed by atoms with E-state index in [1.165, 1.54) is 31.1 Å². The molecule has 4 aromatic heterocycles. The molecule has 0 aliphatic carbocycles. The van der Waals surface area contributed by atoms with Crippen LogP contribution in [0.1, 0.15) is 0 Å². The molecule has 4 heterocycles. The zero-order valence-electron chi connectivity index (χ0n) is 57.2. The zero-order valence-corrected chi connectivity index (χ0v) is 58.0. The molecule has 18 aromatic carbocycles. The van der Waals surface area contributed by atoms with E-state index in [-0.39, 0.29) is 0 Å². The molecule has 0 spiro atoms. The van der Waals surface area contributed by atoms with Gasteiger partial charge >= 0.3 is 0 Å². The average molecular weight is 1370 g/mol. The second-order valence-electron chi connectivity index (χ2n) is 27.6. The van der Waals surface area contributed by atoms with Crippen LogP contribution in [0.25, 0.3) is 185 Å². The number of thiophene rings is 1. The van der Waals surface area contributed by atoms with Crippen molar-refractivity contribution in [2.75, 3.05) is 9.80 Å². The van der Waals surface area contributed by atoms with Gasteiger partial charge in [0.25, 0.3) is 0 Å². The molecule has 0 saturated carbocycles. The Hall–Kier alpha value is -13.8. The molecule has 0 aliphatic heterocycles. The summed E-state index contributed by atoms with van der Waals surface area (Å²) in [5, 5.41) is 18.1. The summed E-state index contributed by atoms with van der Waals surface area (Å²) in [6.45, 7) is 0. The molecule has 0 fully saturated rings. The normalized spacial score (nSPS) is 12.0. The second-order valence-corrected chi connectivity index (χ2v) is 28.7. The molecule has 22 rings (SSSR count). The van der Waals surface area contributed by atoms with Crippen molar-refractivity contribution >= 4 is 175 Å². The number of hydrogen-bond acceptors (Lipinski definition) is 6. The number of nitrogens with zero attached hydrogens (tertiary/aromatic N) is 2. The number of rotatable bonds is 11. The van der Waals surface area contributed by atoms with Gasteiger partial charge in [-0.15, -0.1) is 11.3 Å². The Morgan fingerprint density at radius 1 is 0.217 bits per heavy atom. The zero-order chi connectivity index (χ0) is 69.5. The van der Waals surface area contributed by atoms with E-state index in [0.29, 0.717) is 0 Å². The fourth-order valence-corrected chi connectivity index (χ4v) is 18.4. The van der Waals surface area contributed by atoms with Gasteiger partial charge in [-0.05, 0) is 150 Å². The maximum absolute atomic E-state index is 7.47. The summed E-state index contributed by atoms with van der Waals surface area (Å²) in [5.74, 6) is 0. The van der Waals surface area contributed by atoms with Crippen molar-refractivity contribution in [3.63, 3.8) is 0 Å². The van der Waals surface area contributed by atoms with E-state index >= 15 is 0 Å². The SMILES string of the molecule is c1ccc(-c2c(N(c3ccc(-c4cccc5c4sc4ccccc45)cc3)c3ccc4c(c3)oc3ccccc34)c3ccccc3c3ccc(-c4ccc5oc6c(N(c7ccccc7-c7cccc8oc9ccccc9c78)c7c(-c8ccccc8)c8ccccc8c8ccccc78)cccc6c5c4)cc23)cc1. The molecule has 22 aromatic rings. The lowest BCUT2D eigenvalue weighted by Crippen LogP contribution is -2.14. The van der Waals surface area contributed by atoms with Gasteiger partial charge in [0.15, 0.2) is 5.58 Å². The smallest absolute Gasteiger partial charge is 0.159 e. The lowest BCUT2D eigenvalue weighted by atomic mass is 9.88. The Morgan fingerprint density at radius 3 is 1.43 bits per heavy atom. The van der Waals surface area contributed by atoms with Crippen LogP contribution in [-0.2, 0) is 0 Å². The van der Waals surface area contributed by atoms with Crippen LogP contribution in [0.2, 0.25) is 0 Å². The highest BCUT2D eigenvalue weighted by Crippen LogP contribution is 2.56. The fraction of sp³-hybridized carbons (Fsp3) is 0. The second kappa shape index (κ2) is 23.9. The van der Waals surface area contributed by atoms with Gasteiger partial charge in [-0.2, -0.15) is 0 Å². The highest BCUT2D eigenvalue weighted by atomic mass is 32.1. The average Bonchev–Trinajstić information content (AvgIpc) is 0.786. The molecule has 0 saturated heterocycles. The fourth-order valence-electron chi connectivity index (χ4n) is 17.2. The molecule has 494 valence electrons. The molecule has 0 amide bonds. The lowest BCUT2D eigenvalue weighted by molar-refractivity contribution is 0.668. The Labute approximate surface area is 613 Å². The number of benzene rings is 18. The van der Waals surface area contributed by atoms with E-state index < -0.39 is 0 Å². The molecule has 0 aliphatic rings. The lowest BCUT2D eigenvalue weighted by Gasteiger charge is -2.32. The first-order valence-corrected chi connectivity index (χ1v) is 36.9. The largest absolute Gasteiger partial charge is 0.456 e. The highest BCUT2D eigenvalue weighted by molar-refractivity contribution is 7.26. The number of para-hydroxylation sites is 4. The van der Waals surface area contributed by atoms with Crippen molar-refractivity contribution in [2.45, 2.75) is 0 Å². The van der Waals surface area contributed by atoms with Crippen LogP contribution in [0.4, 0.5) is 34.1 Å². The Balaban J connectivity index is 0.761. The maximum Gasteiger partial charge on any atom is 0.159 e. The first kappa shape index (κ1) is 59.9. The third-order valence-electron chi connectivity index (χ3n) is 21.8. The van der Waals surface area contributed by atoms with Crippen LogP contribution in [0.5, 0.6) is 0 Å². The number of fused-ring (bicyclic) bond motifs is 18. The third-order valence-corrected chi connectivity index (χ3v) is 23.0. The summed E-state index contributed by atoms with van der Waals surface area (Å²) in [4.78, 5) is 4.97. The molecule has 6 heteroatoms. The van der Waals surface area contributed by atoms with Crippen molar-refractivity contribution < 1.29 is 13.3 Å². The third kappa shape index (κ3) is 9.28. The quantitative estimate of drug-likeness (QED) is 0.121. The molecular weight excluding hydrogens is 1310 g/mol. The van der Waals surface area contributed by atoms with Gasteiger partial charge in [0.2, 0.25) is 0 Å². The van der Waals surface area contributed by atoms with E-state index in [1.54, 1.807) is 0 Å². The topological polar surface area (TPSA) is 45.9 Å². The number of anilines is 6. The van der Waals surface area contributed by atoms with Gasteiger partial charge in [0, 0.05) is 97.4 Å². The first-order chi connectivity index (χ1) is 52.6. The van der Waals surface area contributed by atoms with E-state index in [1.807, 2.05) is 23.5 Å². The van der Waals surface area contributed by atoms with E-state index in [2.05, 4.69) is 362 Å². The minimum absolute atomic E-state index is 0.778. The van der Waals surface area contributed by atoms with E-state index in [4.69, 9.17) is 13.3 Å². The predicted molar refractivity (Wildman–Crippen MR) is 448 cm³/mol. The molecule has 0 radical (unpaired) electrons. The van der Waals surface area contributed by atoms with Crippen LogP contribution in [0.15, 0.2) is 377 Å². The summed E-state index contributed by atoms with van der Waals surface area (Å²) in [6.07, 6.45) is 0. The van der Waals surface area contributed by atoms with Crippen molar-refractivity contribution in [3.05, 3.63) is 364 Å². The van der Waals surface area contributed by atoms with Crippen molar-refractivity contribution in [3.8, 4) is 55.6 Å². The minimum atomic E-state index is 0.778. The van der Waals surface area contributed by atoms with E-state index in [0.717, 1.165) is 188 Å². The molecular formula is C100H60N2O3S. The summed E-state index contributed by atoms with van der Waals surface area (Å²) in [6, 6.07) is 133. The summed E-state index contributed by atoms with van der Waals surface area (Å²) in [7, 11) is 0. The van der Waals surface area contributed by atoms with Crippen LogP contribution in [-0.4, -0.2) is 0 Å². The van der Waals surface area contributed by atoms with Crippen LogP contribution >= 0.6 is 11.3 Å². The molecule has 5 nitrogen and oxygen atoms in total. The van der Waals surface area contributed by atoms with Crippen LogP contribution in [0, 0.1) is 0 Å². The molecule has 0 unspecified atom stereocenters. The van der Waals surface area contributed by atoms with Gasteiger partial charge < -0.3 is 23.1 Å². The Morgan fingerprint density at radius 2 is 0.679 bits per heavy atom. The van der Waals surface area contributed by atoms with Crippen LogP contribution in [0.3, 0.4) is 0 Å². The Bertz CT molecular complexity index is 7350. The standard InChI is InChI=1S/C100H60N2O3S/c1-3-24-62(25-4-1)94-77-34-10-7-28-69(77)70-29-8-12-36-80(70)98(94)102(86-42-17-13-31-73(86)78-39-23-46-91-96(78)83-37-15-19-45-89(83)103-91)87-43-22-40-81-84-58-65(51-57-90(84)105-99(81)87)64-50-55-72-71-30-9-11-35-79(71)97(95(85(72)59-64)63-26-5-2-6-27-63)101(67-54-56-75-74-32-14-18-44-88(74)104-92(75)60-67)66-52-48-61(49-53-66)68-38-21-41-82-76-33-16-20-47-93(76)106-100(68)82/h1-60H.